The molecule has 0 fully saturated rings. The van der Waals surface area contributed by atoms with Crippen LogP contribution in [-0.4, -0.2) is 12.1 Å². The largest absolute Gasteiger partial charge is 0.481 e. The Morgan fingerprint density at radius 2 is 2.30 bits per heavy atom. The van der Waals surface area contributed by atoms with Crippen LogP contribution in [0.15, 0.2) is 12.3 Å². The maximum absolute atomic E-state index is 12.5. The van der Waals surface area contributed by atoms with Crippen molar-refractivity contribution in [3.63, 3.8) is 0 Å². The molecule has 1 aromatic heterocycles. The lowest BCUT2D eigenvalue weighted by atomic mass is 10.3. The highest BCUT2D eigenvalue weighted by molar-refractivity contribution is 5.20. The molecule has 2 nitrogen and oxygen atoms in total. The minimum Gasteiger partial charge on any atom is -0.481 e. The highest BCUT2D eigenvalue weighted by atomic mass is 19.1. The van der Waals surface area contributed by atoms with Gasteiger partial charge in [-0.15, -0.1) is 0 Å². The van der Waals surface area contributed by atoms with E-state index in [1.807, 2.05) is 0 Å². The van der Waals surface area contributed by atoms with Crippen molar-refractivity contribution in [1.82, 2.24) is 4.98 Å². The fourth-order valence-electron chi connectivity index (χ4n) is 0.625. The maximum atomic E-state index is 12.5. The number of halogens is 1. The van der Waals surface area contributed by atoms with Gasteiger partial charge in [0.25, 0.3) is 0 Å². The molecule has 1 aromatic rings. The molecule has 0 saturated heterocycles. The Morgan fingerprint density at radius 1 is 1.60 bits per heavy atom. The van der Waals surface area contributed by atoms with Crippen molar-refractivity contribution in [2.75, 3.05) is 7.11 Å². The first-order valence-electron chi connectivity index (χ1n) is 2.90. The average Bonchev–Trinajstić information content (AvgIpc) is 1.95. The van der Waals surface area contributed by atoms with E-state index in [0.29, 0.717) is 11.4 Å². The minimum atomic E-state index is -0.305. The molecule has 54 valence electrons. The van der Waals surface area contributed by atoms with Crippen molar-refractivity contribution in [2.45, 2.75) is 6.92 Å². The van der Waals surface area contributed by atoms with Gasteiger partial charge in [0.15, 0.2) is 0 Å². The lowest BCUT2D eigenvalue weighted by Gasteiger charge is -1.98. The molecule has 0 bridgehead atoms. The Labute approximate surface area is 58.7 Å². The number of hydrogen-bond donors (Lipinski definition) is 0. The van der Waals surface area contributed by atoms with Crippen molar-refractivity contribution in [3.05, 3.63) is 23.6 Å². The average molecular weight is 141 g/mol. The molecule has 0 amide bonds. The van der Waals surface area contributed by atoms with Gasteiger partial charge >= 0.3 is 0 Å². The summed E-state index contributed by atoms with van der Waals surface area (Å²) in [4.78, 5) is 3.66. The molecule has 3 heteroatoms. The normalized spacial score (nSPS) is 9.50. The summed E-state index contributed by atoms with van der Waals surface area (Å²) in [6.07, 6.45) is 1.15. The van der Waals surface area contributed by atoms with E-state index >= 15 is 0 Å². The lowest BCUT2D eigenvalue weighted by molar-refractivity contribution is 0.395. The van der Waals surface area contributed by atoms with Crippen LogP contribution in [0, 0.1) is 12.7 Å². The van der Waals surface area contributed by atoms with E-state index in [1.165, 1.54) is 7.11 Å². The van der Waals surface area contributed by atoms with E-state index in [1.54, 1.807) is 13.0 Å². The lowest BCUT2D eigenvalue weighted by Crippen LogP contribution is -1.90. The van der Waals surface area contributed by atoms with Crippen LogP contribution in [0.1, 0.15) is 5.56 Å². The summed E-state index contributed by atoms with van der Waals surface area (Å²) < 4.78 is 17.3. The summed E-state index contributed by atoms with van der Waals surface area (Å²) in [7, 11) is 1.50. The molecule has 0 aliphatic heterocycles. The van der Waals surface area contributed by atoms with Gasteiger partial charge in [-0.25, -0.2) is 9.37 Å². The summed E-state index contributed by atoms with van der Waals surface area (Å²) in [6.45, 7) is 1.67. The van der Waals surface area contributed by atoms with Crippen LogP contribution in [0.3, 0.4) is 0 Å². The SMILES string of the molecule is COc1cc(C)c(F)cn1. The van der Waals surface area contributed by atoms with Gasteiger partial charge in [-0.3, -0.25) is 0 Å². The molecule has 0 aromatic carbocycles. The van der Waals surface area contributed by atoms with Crippen molar-refractivity contribution in [1.29, 1.82) is 0 Å². The molecule has 0 N–H and O–H groups in total. The monoisotopic (exact) mass is 141 g/mol. The number of aryl methyl sites for hydroxylation is 1. The Bertz CT molecular complexity index is 237. The zero-order valence-electron chi connectivity index (χ0n) is 5.89. The van der Waals surface area contributed by atoms with Crippen LogP contribution in [0.5, 0.6) is 5.88 Å². The molecule has 0 unspecified atom stereocenters. The predicted octanol–water partition coefficient (Wildman–Crippen LogP) is 1.54. The number of aromatic nitrogens is 1. The maximum Gasteiger partial charge on any atom is 0.213 e. The predicted molar refractivity (Wildman–Crippen MR) is 35.5 cm³/mol. The summed E-state index contributed by atoms with van der Waals surface area (Å²) in [6, 6.07) is 1.55. The number of rotatable bonds is 1. The van der Waals surface area contributed by atoms with Gasteiger partial charge in [-0.05, 0) is 12.5 Å². The molecule has 1 heterocycles. The summed E-state index contributed by atoms with van der Waals surface area (Å²) in [5, 5.41) is 0. The van der Waals surface area contributed by atoms with E-state index in [-0.39, 0.29) is 5.82 Å². The van der Waals surface area contributed by atoms with Crippen LogP contribution in [0.2, 0.25) is 0 Å². The molecule has 0 aliphatic carbocycles. The third kappa shape index (κ3) is 1.23. The fraction of sp³-hybridized carbons (Fsp3) is 0.286. The third-order valence-electron chi connectivity index (χ3n) is 1.23. The Kier molecular flexibility index (Phi) is 1.85. The van der Waals surface area contributed by atoms with E-state index in [9.17, 15) is 4.39 Å². The molecule has 0 radical (unpaired) electrons. The van der Waals surface area contributed by atoms with E-state index in [0.717, 1.165) is 6.20 Å². The number of nitrogens with zero attached hydrogens (tertiary/aromatic N) is 1. The standard InChI is InChI=1S/C7H8FNO/c1-5-3-7(10-2)9-4-6(5)8/h3-4H,1-2H3. The van der Waals surface area contributed by atoms with Crippen LogP contribution in [-0.2, 0) is 0 Å². The molecule has 10 heavy (non-hydrogen) atoms. The first-order chi connectivity index (χ1) is 4.74. The topological polar surface area (TPSA) is 22.1 Å². The number of hydrogen-bond acceptors (Lipinski definition) is 2. The van der Waals surface area contributed by atoms with Crippen molar-refractivity contribution < 1.29 is 9.13 Å². The molecule has 0 saturated carbocycles. The quantitative estimate of drug-likeness (QED) is 0.591. The van der Waals surface area contributed by atoms with Crippen LogP contribution < -0.4 is 4.74 Å². The van der Waals surface area contributed by atoms with Crippen LogP contribution in [0.25, 0.3) is 0 Å². The van der Waals surface area contributed by atoms with Crippen molar-refractivity contribution in [3.8, 4) is 5.88 Å². The summed E-state index contributed by atoms with van der Waals surface area (Å²) in [5.41, 5.74) is 0.548. The summed E-state index contributed by atoms with van der Waals surface area (Å²) >= 11 is 0. The first-order valence-corrected chi connectivity index (χ1v) is 2.90. The highest BCUT2D eigenvalue weighted by Gasteiger charge is 1.98. The van der Waals surface area contributed by atoms with Gasteiger partial charge in [0.05, 0.1) is 13.3 Å². The molecular formula is C7H8FNO. The molecule has 0 aliphatic rings. The van der Waals surface area contributed by atoms with Gasteiger partial charge in [0.1, 0.15) is 5.82 Å². The molecule has 0 atom stereocenters. The van der Waals surface area contributed by atoms with E-state index < -0.39 is 0 Å². The number of methoxy groups -OCH3 is 1. The van der Waals surface area contributed by atoms with Gasteiger partial charge in [-0.2, -0.15) is 0 Å². The molecule has 0 spiro atoms. The van der Waals surface area contributed by atoms with Crippen LogP contribution >= 0.6 is 0 Å². The second kappa shape index (κ2) is 2.64. The Morgan fingerprint density at radius 3 is 2.80 bits per heavy atom. The Hall–Kier alpha value is -1.12. The first kappa shape index (κ1) is 6.99. The van der Waals surface area contributed by atoms with E-state index in [2.05, 4.69) is 4.98 Å². The summed E-state index contributed by atoms with van der Waals surface area (Å²) in [5.74, 6) is 0.139. The second-order valence-corrected chi connectivity index (χ2v) is 1.98. The molecule has 1 rings (SSSR count). The fourth-order valence-corrected chi connectivity index (χ4v) is 0.625. The minimum absolute atomic E-state index is 0.305. The molecular weight excluding hydrogens is 133 g/mol. The zero-order valence-corrected chi connectivity index (χ0v) is 5.89. The van der Waals surface area contributed by atoms with Crippen molar-refractivity contribution in [2.24, 2.45) is 0 Å². The number of pyridine rings is 1. The second-order valence-electron chi connectivity index (χ2n) is 1.98. The van der Waals surface area contributed by atoms with Gasteiger partial charge in [0.2, 0.25) is 5.88 Å². The third-order valence-corrected chi connectivity index (χ3v) is 1.23. The van der Waals surface area contributed by atoms with Crippen LogP contribution in [0.4, 0.5) is 4.39 Å². The van der Waals surface area contributed by atoms with Gasteiger partial charge in [-0.1, -0.05) is 0 Å². The van der Waals surface area contributed by atoms with E-state index in [4.69, 9.17) is 4.74 Å². The zero-order chi connectivity index (χ0) is 7.56. The van der Waals surface area contributed by atoms with Gasteiger partial charge < -0.3 is 4.74 Å². The number of ether oxygens (including phenoxy) is 1. The smallest absolute Gasteiger partial charge is 0.213 e. The Balaban J connectivity index is 3.04. The van der Waals surface area contributed by atoms with Crippen molar-refractivity contribution >= 4 is 0 Å². The van der Waals surface area contributed by atoms with Gasteiger partial charge in [0, 0.05) is 6.07 Å². The highest BCUT2D eigenvalue weighted by Crippen LogP contribution is 2.10.